The van der Waals surface area contributed by atoms with Gasteiger partial charge in [0.25, 0.3) is 7.55 Å². The largest absolute Gasteiger partial charge is 0.493 e. The molecule has 2 aliphatic carbocycles. The highest BCUT2D eigenvalue weighted by Crippen LogP contribution is 2.52. The average molecular weight is 757 g/mol. The number of ether oxygens (including phenoxy) is 6. The SMILES string of the molecule is COc1cc2c(c(OC)c1OC)-c1ccc(SC)c(=O)cc1[C@@H](NBN[C@H]1CCc3cc(OC)c(OC)c(OC)c3-c3ccc(SC)c(=O)cc31)CC2. The Hall–Kier alpha value is -4.30. The van der Waals surface area contributed by atoms with Crippen LogP contribution in [0.15, 0.2) is 67.9 Å². The van der Waals surface area contributed by atoms with Crippen LogP contribution in [0.5, 0.6) is 34.5 Å². The summed E-state index contributed by atoms with van der Waals surface area (Å²) >= 11 is 2.85. The van der Waals surface area contributed by atoms with Crippen LogP contribution in [0.1, 0.15) is 47.2 Å². The lowest BCUT2D eigenvalue weighted by Crippen LogP contribution is -2.38. The maximum absolute atomic E-state index is 13.5. The molecule has 0 aliphatic heterocycles. The Kier molecular flexibility index (Phi) is 12.2. The van der Waals surface area contributed by atoms with Crippen LogP contribution in [0.25, 0.3) is 22.3 Å². The van der Waals surface area contributed by atoms with Gasteiger partial charge in [0.05, 0.1) is 52.4 Å². The summed E-state index contributed by atoms with van der Waals surface area (Å²) in [6.07, 6.45) is 6.62. The molecule has 0 spiro atoms. The molecule has 278 valence electrons. The Morgan fingerprint density at radius 2 is 0.962 bits per heavy atom. The van der Waals surface area contributed by atoms with Gasteiger partial charge in [0, 0.05) is 23.2 Å². The molecular formula is C40H45BN2O8S2. The van der Waals surface area contributed by atoms with Crippen molar-refractivity contribution in [3.63, 3.8) is 0 Å². The van der Waals surface area contributed by atoms with Gasteiger partial charge in [0.1, 0.15) is 0 Å². The topological polar surface area (TPSA) is 114 Å². The van der Waals surface area contributed by atoms with E-state index in [1.54, 1.807) is 54.8 Å². The second-order valence-corrected chi connectivity index (χ2v) is 14.4. The minimum Gasteiger partial charge on any atom is -0.493 e. The molecule has 0 bridgehead atoms. The molecule has 0 unspecified atom stereocenters. The van der Waals surface area contributed by atoms with Crippen LogP contribution in [0.3, 0.4) is 0 Å². The maximum Gasteiger partial charge on any atom is 0.287 e. The number of nitrogens with one attached hydrogen (secondary N) is 2. The lowest BCUT2D eigenvalue weighted by atomic mass is 9.92. The van der Waals surface area contributed by atoms with E-state index in [2.05, 4.69) is 10.5 Å². The zero-order chi connectivity index (χ0) is 37.8. The van der Waals surface area contributed by atoms with E-state index in [0.717, 1.165) is 44.5 Å². The minimum absolute atomic E-state index is 0.0447. The molecule has 2 aliphatic rings. The van der Waals surface area contributed by atoms with Crippen LogP contribution in [0.2, 0.25) is 0 Å². The third-order valence-electron chi connectivity index (χ3n) is 10.1. The summed E-state index contributed by atoms with van der Waals surface area (Å²) < 4.78 is 34.9. The minimum atomic E-state index is -0.192. The molecule has 53 heavy (non-hydrogen) atoms. The molecule has 4 aromatic carbocycles. The van der Waals surface area contributed by atoms with E-state index in [1.165, 1.54) is 23.5 Å². The highest BCUT2D eigenvalue weighted by atomic mass is 32.2. The maximum atomic E-state index is 13.5. The standard InChI is InChI=1S/C40H45BN2O8S2/c1-46-31-17-21-9-13-27(25-19-29(44)33(52-7)15-11-23(25)35(21)39(50-5)37(31)48-3)42-41-43-28-14-10-22-18-32(47-2)38(49-4)40(51-6)36(22)24-12-16-34(53-8)30(45)20-26(24)28/h11-12,15-20,27-28,41-43H,9-10,13-14H2,1-8H3/t27-,28-/m0/s1. The van der Waals surface area contributed by atoms with Gasteiger partial charge in [-0.05, 0) is 108 Å². The lowest BCUT2D eigenvalue weighted by Gasteiger charge is -2.22. The Bertz CT molecular complexity index is 2000. The van der Waals surface area contributed by atoms with Gasteiger partial charge in [-0.3, -0.25) is 9.59 Å². The summed E-state index contributed by atoms with van der Waals surface area (Å²) in [6.45, 7) is 0. The van der Waals surface area contributed by atoms with E-state index in [4.69, 9.17) is 28.4 Å². The monoisotopic (exact) mass is 756 g/mol. The van der Waals surface area contributed by atoms with Crippen molar-refractivity contribution in [3.05, 3.63) is 91.2 Å². The van der Waals surface area contributed by atoms with E-state index >= 15 is 0 Å². The third kappa shape index (κ3) is 7.19. The van der Waals surface area contributed by atoms with Gasteiger partial charge < -0.3 is 38.9 Å². The van der Waals surface area contributed by atoms with E-state index < -0.39 is 0 Å². The molecule has 10 nitrogen and oxygen atoms in total. The van der Waals surface area contributed by atoms with E-state index in [-0.39, 0.29) is 22.9 Å². The van der Waals surface area contributed by atoms with Gasteiger partial charge in [0.2, 0.25) is 11.5 Å². The number of aryl methyl sites for hydroxylation is 2. The third-order valence-corrected chi connectivity index (χ3v) is 11.7. The molecule has 13 heteroatoms. The molecule has 6 rings (SSSR count). The number of hydrogen-bond acceptors (Lipinski definition) is 12. The van der Waals surface area contributed by atoms with Gasteiger partial charge in [-0.25, -0.2) is 0 Å². The molecule has 0 aromatic heterocycles. The predicted molar refractivity (Wildman–Crippen MR) is 215 cm³/mol. The Balaban J connectivity index is 1.41. The lowest BCUT2D eigenvalue weighted by molar-refractivity contribution is 0.324. The van der Waals surface area contributed by atoms with Crippen molar-refractivity contribution in [1.82, 2.24) is 10.5 Å². The summed E-state index contributed by atoms with van der Waals surface area (Å²) in [5, 5.41) is 7.49. The molecule has 0 amide bonds. The molecular weight excluding hydrogens is 711 g/mol. The van der Waals surface area contributed by atoms with E-state index in [1.807, 2.05) is 48.9 Å². The first-order valence-corrected chi connectivity index (χ1v) is 19.8. The fraction of sp³-hybridized carbons (Fsp3) is 0.350. The van der Waals surface area contributed by atoms with Gasteiger partial charge in [-0.2, -0.15) is 0 Å². The second-order valence-electron chi connectivity index (χ2n) is 12.7. The molecule has 0 saturated carbocycles. The first-order chi connectivity index (χ1) is 25.8. The van der Waals surface area contributed by atoms with Crippen LogP contribution < -0.4 is 49.7 Å². The van der Waals surface area contributed by atoms with Gasteiger partial charge in [-0.1, -0.05) is 12.1 Å². The summed E-state index contributed by atoms with van der Waals surface area (Å²) in [5.74, 6) is 3.31. The van der Waals surface area contributed by atoms with Crippen LogP contribution in [-0.4, -0.2) is 62.7 Å². The fourth-order valence-electron chi connectivity index (χ4n) is 7.66. The van der Waals surface area contributed by atoms with Crippen molar-refractivity contribution < 1.29 is 28.4 Å². The highest BCUT2D eigenvalue weighted by molar-refractivity contribution is 7.98. The number of rotatable bonds is 12. The zero-order valence-electron chi connectivity index (χ0n) is 31.4. The quantitative estimate of drug-likeness (QED) is 0.124. The molecule has 2 N–H and O–H groups in total. The van der Waals surface area contributed by atoms with Gasteiger partial charge in [-0.15, -0.1) is 23.5 Å². The Morgan fingerprint density at radius 1 is 0.566 bits per heavy atom. The van der Waals surface area contributed by atoms with Crippen LogP contribution in [0.4, 0.5) is 0 Å². The molecule has 0 heterocycles. The van der Waals surface area contributed by atoms with Gasteiger partial charge >= 0.3 is 0 Å². The van der Waals surface area contributed by atoms with Crippen molar-refractivity contribution in [1.29, 1.82) is 0 Å². The van der Waals surface area contributed by atoms with Crippen LogP contribution in [0, 0.1) is 0 Å². The van der Waals surface area contributed by atoms with Gasteiger partial charge in [0.15, 0.2) is 33.9 Å². The molecule has 0 saturated heterocycles. The van der Waals surface area contributed by atoms with Crippen molar-refractivity contribution >= 4 is 31.1 Å². The van der Waals surface area contributed by atoms with Crippen LogP contribution in [-0.2, 0) is 12.8 Å². The molecule has 0 radical (unpaired) electrons. The Labute approximate surface area is 319 Å². The average Bonchev–Trinajstić information content (AvgIpc) is 3.57. The number of methoxy groups -OCH3 is 6. The fourth-order valence-corrected chi connectivity index (χ4v) is 8.59. The summed E-state index contributed by atoms with van der Waals surface area (Å²) in [4.78, 5) is 28.4. The summed E-state index contributed by atoms with van der Waals surface area (Å²) in [7, 11) is 10.1. The molecule has 2 atom stereocenters. The number of thioether (sulfide) groups is 2. The zero-order valence-corrected chi connectivity index (χ0v) is 33.0. The highest BCUT2D eigenvalue weighted by Gasteiger charge is 2.31. The number of benzene rings is 2. The van der Waals surface area contributed by atoms with Crippen molar-refractivity contribution in [2.75, 3.05) is 55.2 Å². The van der Waals surface area contributed by atoms with Crippen molar-refractivity contribution in [2.45, 2.75) is 47.6 Å². The molecule has 0 fully saturated rings. The summed E-state index contributed by atoms with van der Waals surface area (Å²) in [5.41, 5.74) is 7.29. The number of fused-ring (bicyclic) bond motifs is 6. The van der Waals surface area contributed by atoms with Crippen molar-refractivity contribution in [3.8, 4) is 56.8 Å². The van der Waals surface area contributed by atoms with Crippen molar-refractivity contribution in [2.24, 2.45) is 0 Å². The predicted octanol–water partition coefficient (Wildman–Crippen LogP) is 6.36. The normalized spacial score (nSPS) is 15.7. The molecule has 4 aromatic rings. The first-order valence-electron chi connectivity index (χ1n) is 17.3. The van der Waals surface area contributed by atoms with E-state index in [0.29, 0.717) is 77.5 Å². The summed E-state index contributed by atoms with van der Waals surface area (Å²) in [6, 6.07) is 14.9. The first kappa shape index (κ1) is 38.4. The number of hydrogen-bond donors (Lipinski definition) is 2. The second kappa shape index (κ2) is 16.8. The smallest absolute Gasteiger partial charge is 0.287 e. The van der Waals surface area contributed by atoms with Crippen LogP contribution >= 0.6 is 23.5 Å². The van der Waals surface area contributed by atoms with E-state index in [9.17, 15) is 9.59 Å². The Morgan fingerprint density at radius 3 is 1.30 bits per heavy atom.